The minimum atomic E-state index is 0. The minimum absolute atomic E-state index is 0. The third kappa shape index (κ3) is 4.39. The van der Waals surface area contributed by atoms with Crippen molar-refractivity contribution in [3.63, 3.8) is 0 Å². The molecule has 0 aliphatic carbocycles. The van der Waals surface area contributed by atoms with Gasteiger partial charge in [0.1, 0.15) is 0 Å². The fraction of sp³-hybridized carbons (Fsp3) is 0.143. The molecule has 92 valence electrons. The van der Waals surface area contributed by atoms with Crippen LogP contribution in [0.3, 0.4) is 0 Å². The second-order valence-electron chi connectivity index (χ2n) is 3.34. The molecule has 0 aliphatic rings. The van der Waals surface area contributed by atoms with Crippen molar-refractivity contribution < 1.29 is 21.1 Å². The summed E-state index contributed by atoms with van der Waals surface area (Å²) in [6.07, 6.45) is 4.79. The summed E-state index contributed by atoms with van der Waals surface area (Å²) in [6.45, 7) is 2.04. The van der Waals surface area contributed by atoms with Gasteiger partial charge in [0.15, 0.2) is 0 Å². The Morgan fingerprint density at radius 1 is 1.06 bits per heavy atom. The number of nitrogens with zero attached hydrogens (tertiary/aromatic N) is 2. The van der Waals surface area contributed by atoms with E-state index in [4.69, 9.17) is 0 Å². The largest absolute Gasteiger partial charge is 2.00 e. The van der Waals surface area contributed by atoms with Gasteiger partial charge < -0.3 is 13.8 Å². The Kier molecular flexibility index (Phi) is 7.65. The molecule has 0 fully saturated rings. The molecule has 0 atom stereocenters. The van der Waals surface area contributed by atoms with Gasteiger partial charge in [0, 0.05) is 11.9 Å². The Bertz CT molecular complexity index is 429. The number of rotatable bonds is 3. The zero-order valence-corrected chi connectivity index (χ0v) is 12.3. The molecule has 0 aromatic carbocycles. The van der Waals surface area contributed by atoms with Gasteiger partial charge in [-0.15, -0.1) is 6.42 Å². The van der Waals surface area contributed by atoms with Crippen LogP contribution in [0, 0.1) is 13.8 Å². The number of hydrogen-bond donors (Lipinski definition) is 0. The van der Waals surface area contributed by atoms with Crippen molar-refractivity contribution in [2.45, 2.75) is 13.3 Å². The molecule has 0 unspecified atom stereocenters. The van der Waals surface area contributed by atoms with Crippen LogP contribution in [0.4, 0.5) is 0 Å². The number of pyridine rings is 2. The Labute approximate surface area is 118 Å². The van der Waals surface area contributed by atoms with E-state index in [0.717, 1.165) is 23.5 Å². The topological polar surface area (TPSA) is 25.8 Å². The third-order valence-electron chi connectivity index (χ3n) is 2.15. The van der Waals surface area contributed by atoms with E-state index in [1.807, 2.05) is 43.3 Å². The zero-order chi connectivity index (χ0) is 10.5. The fourth-order valence-electron chi connectivity index (χ4n) is 1.46. The average Bonchev–Trinajstić information content (AvgIpc) is 2.31. The molecular formula is C14H16N2Pt. The summed E-state index contributed by atoms with van der Waals surface area (Å²) < 4.78 is 0. The van der Waals surface area contributed by atoms with Crippen molar-refractivity contribution in [2.75, 3.05) is 0 Å². The van der Waals surface area contributed by atoms with Crippen LogP contribution >= 0.6 is 0 Å². The van der Waals surface area contributed by atoms with E-state index < -0.39 is 0 Å². The molecule has 2 rings (SSSR count). The van der Waals surface area contributed by atoms with Crippen LogP contribution in [-0.4, -0.2) is 9.97 Å². The monoisotopic (exact) mass is 407 g/mol. The normalized spacial score (nSPS) is 9.00. The van der Waals surface area contributed by atoms with Gasteiger partial charge in [-0.25, -0.2) is 0 Å². The van der Waals surface area contributed by atoms with E-state index in [-0.39, 0.29) is 28.5 Å². The van der Waals surface area contributed by atoms with E-state index in [1.165, 1.54) is 0 Å². The van der Waals surface area contributed by atoms with Gasteiger partial charge in [-0.3, -0.25) is 9.97 Å². The second kappa shape index (κ2) is 8.13. The van der Waals surface area contributed by atoms with Crippen molar-refractivity contribution in [2.24, 2.45) is 0 Å². The summed E-state index contributed by atoms with van der Waals surface area (Å²) in [5, 5.41) is 0. The van der Waals surface area contributed by atoms with E-state index in [9.17, 15) is 0 Å². The van der Waals surface area contributed by atoms with Crippen LogP contribution in [0.15, 0.2) is 42.6 Å². The summed E-state index contributed by atoms with van der Waals surface area (Å²) in [5.74, 6) is 0. The van der Waals surface area contributed by atoms with Gasteiger partial charge in [-0.1, -0.05) is 12.1 Å². The average molecular weight is 407 g/mol. The van der Waals surface area contributed by atoms with Crippen LogP contribution < -0.4 is 0 Å². The first-order valence-electron chi connectivity index (χ1n) is 5.05. The van der Waals surface area contributed by atoms with Crippen molar-refractivity contribution in [3.05, 3.63) is 62.1 Å². The van der Waals surface area contributed by atoms with Gasteiger partial charge in [0.05, 0.1) is 11.4 Å². The third-order valence-corrected chi connectivity index (χ3v) is 2.15. The molecule has 0 amide bonds. The molecule has 3 heteroatoms. The quantitative estimate of drug-likeness (QED) is 0.730. The fourth-order valence-corrected chi connectivity index (χ4v) is 1.46. The van der Waals surface area contributed by atoms with Crippen LogP contribution in [0.5, 0.6) is 0 Å². The predicted octanol–water partition coefficient (Wildman–Crippen LogP) is 3.36. The standard InChI is InChI=1S/C13H13N2.CH3.Pt/c1-2-6-11-7-5-9-13(15-11)12-8-3-4-10-14-12;;/h2-5,7-10H,6H2,1H3;1H3;/q2*-1;+2. The smallest absolute Gasteiger partial charge is 0.358 e. The van der Waals surface area contributed by atoms with Crippen molar-refractivity contribution in [1.82, 2.24) is 9.97 Å². The van der Waals surface area contributed by atoms with E-state index >= 15 is 0 Å². The summed E-state index contributed by atoms with van der Waals surface area (Å²) in [6, 6.07) is 11.9. The Hall–Kier alpha value is -1.01. The van der Waals surface area contributed by atoms with Gasteiger partial charge in [-0.05, 0) is 24.3 Å². The Balaban J connectivity index is 0.00000128. The van der Waals surface area contributed by atoms with Gasteiger partial charge in [-0.2, -0.15) is 6.92 Å². The summed E-state index contributed by atoms with van der Waals surface area (Å²) in [4.78, 5) is 8.82. The number of aromatic nitrogens is 2. The molecule has 17 heavy (non-hydrogen) atoms. The van der Waals surface area contributed by atoms with E-state index in [1.54, 1.807) is 6.20 Å². The maximum Gasteiger partial charge on any atom is 2.00 e. The zero-order valence-electron chi connectivity index (χ0n) is 10.0. The maximum absolute atomic E-state index is 4.54. The molecular weight excluding hydrogens is 391 g/mol. The predicted molar refractivity (Wildman–Crippen MR) is 67.6 cm³/mol. The number of hydrogen-bond acceptors (Lipinski definition) is 2. The molecule has 2 aromatic rings. The minimum Gasteiger partial charge on any atom is -0.358 e. The SMILES string of the molecule is C[CH-]Cc1cccc(-c2ccccn2)n1.[CH3-].[Pt+2]. The molecule has 0 N–H and O–H groups in total. The molecule has 2 nitrogen and oxygen atoms in total. The molecule has 2 aromatic heterocycles. The maximum atomic E-state index is 4.54. The van der Waals surface area contributed by atoms with Gasteiger partial charge >= 0.3 is 21.1 Å². The Morgan fingerprint density at radius 3 is 2.47 bits per heavy atom. The molecule has 0 radical (unpaired) electrons. The van der Waals surface area contributed by atoms with E-state index in [0.29, 0.717) is 0 Å². The summed E-state index contributed by atoms with van der Waals surface area (Å²) >= 11 is 0. The first kappa shape index (κ1) is 16.0. The summed E-state index contributed by atoms with van der Waals surface area (Å²) in [7, 11) is 0. The molecule has 0 bridgehead atoms. The first-order valence-corrected chi connectivity index (χ1v) is 5.05. The van der Waals surface area contributed by atoms with E-state index in [2.05, 4.69) is 16.4 Å². The van der Waals surface area contributed by atoms with Crippen LogP contribution in [0.25, 0.3) is 11.4 Å². The van der Waals surface area contributed by atoms with Crippen LogP contribution in [-0.2, 0) is 27.5 Å². The second-order valence-corrected chi connectivity index (χ2v) is 3.34. The molecule has 0 spiro atoms. The molecule has 0 aliphatic heterocycles. The van der Waals surface area contributed by atoms with Crippen molar-refractivity contribution in [1.29, 1.82) is 0 Å². The van der Waals surface area contributed by atoms with Crippen LogP contribution in [0.2, 0.25) is 0 Å². The Morgan fingerprint density at radius 2 is 1.82 bits per heavy atom. The van der Waals surface area contributed by atoms with Crippen LogP contribution in [0.1, 0.15) is 12.6 Å². The molecule has 0 saturated heterocycles. The van der Waals surface area contributed by atoms with Crippen molar-refractivity contribution >= 4 is 0 Å². The summed E-state index contributed by atoms with van der Waals surface area (Å²) in [5.41, 5.74) is 2.95. The van der Waals surface area contributed by atoms with Crippen molar-refractivity contribution in [3.8, 4) is 11.4 Å². The molecule has 2 heterocycles. The first-order chi connectivity index (χ1) is 7.40. The molecule has 0 saturated carbocycles. The van der Waals surface area contributed by atoms with Gasteiger partial charge in [0.2, 0.25) is 0 Å². The van der Waals surface area contributed by atoms with Gasteiger partial charge in [0.25, 0.3) is 0 Å².